The highest BCUT2D eigenvalue weighted by Gasteiger charge is 2.05. The van der Waals surface area contributed by atoms with Gasteiger partial charge in [0.05, 0.1) is 0 Å². The molecule has 0 radical (unpaired) electrons. The Hall–Kier alpha value is -1.15. The molecule has 76 valence electrons. The van der Waals surface area contributed by atoms with Crippen molar-refractivity contribution in [2.24, 2.45) is 0 Å². The monoisotopic (exact) mass is 261 g/mol. The number of nitrogens with zero attached hydrogens (tertiary/aromatic N) is 1. The molecule has 0 amide bonds. The lowest BCUT2D eigenvalue weighted by atomic mass is 10.0. The van der Waals surface area contributed by atoms with Crippen molar-refractivity contribution >= 4 is 15.9 Å². The highest BCUT2D eigenvalue weighted by atomic mass is 79.9. The third-order valence-electron chi connectivity index (χ3n) is 2.43. The zero-order valence-electron chi connectivity index (χ0n) is 8.79. The van der Waals surface area contributed by atoms with Gasteiger partial charge in [-0.15, -0.1) is 0 Å². The van der Waals surface area contributed by atoms with E-state index in [2.05, 4.69) is 59.0 Å². The molecule has 0 aliphatic heterocycles. The van der Waals surface area contributed by atoms with Crippen LogP contribution in [0.5, 0.6) is 0 Å². The van der Waals surface area contributed by atoms with E-state index in [9.17, 15) is 0 Å². The van der Waals surface area contributed by atoms with E-state index in [1.807, 2.05) is 12.4 Å². The van der Waals surface area contributed by atoms with Crippen LogP contribution in [0.1, 0.15) is 11.1 Å². The third kappa shape index (κ3) is 2.10. The molecule has 1 heterocycles. The summed E-state index contributed by atoms with van der Waals surface area (Å²) in [4.78, 5) is 4.14. The summed E-state index contributed by atoms with van der Waals surface area (Å²) < 4.78 is 1.05. The van der Waals surface area contributed by atoms with Gasteiger partial charge in [-0.1, -0.05) is 29.8 Å². The topological polar surface area (TPSA) is 12.9 Å². The predicted molar refractivity (Wildman–Crippen MR) is 66.8 cm³/mol. The van der Waals surface area contributed by atoms with E-state index < -0.39 is 0 Å². The zero-order valence-corrected chi connectivity index (χ0v) is 10.4. The van der Waals surface area contributed by atoms with Crippen LogP contribution in [0.3, 0.4) is 0 Å². The van der Waals surface area contributed by atoms with E-state index in [1.54, 1.807) is 0 Å². The van der Waals surface area contributed by atoms with E-state index in [-0.39, 0.29) is 0 Å². The van der Waals surface area contributed by atoms with E-state index in [1.165, 1.54) is 22.3 Å². The van der Waals surface area contributed by atoms with Gasteiger partial charge in [0.25, 0.3) is 0 Å². The Morgan fingerprint density at radius 3 is 2.27 bits per heavy atom. The number of halogens is 1. The minimum atomic E-state index is 1.05. The number of hydrogen-bond donors (Lipinski definition) is 0. The van der Waals surface area contributed by atoms with Crippen molar-refractivity contribution in [3.05, 3.63) is 52.3 Å². The Morgan fingerprint density at radius 1 is 1.00 bits per heavy atom. The molecule has 0 spiro atoms. The lowest BCUT2D eigenvalue weighted by Gasteiger charge is -2.08. The SMILES string of the molecule is Cc1ccc(-c2c(C)cncc2Br)cc1. The van der Waals surface area contributed by atoms with Gasteiger partial charge < -0.3 is 0 Å². The van der Waals surface area contributed by atoms with Gasteiger partial charge >= 0.3 is 0 Å². The maximum absolute atomic E-state index is 4.14. The number of rotatable bonds is 1. The quantitative estimate of drug-likeness (QED) is 0.753. The van der Waals surface area contributed by atoms with Crippen LogP contribution in [0.4, 0.5) is 0 Å². The maximum atomic E-state index is 4.14. The number of pyridine rings is 1. The molecule has 2 rings (SSSR count). The number of aromatic nitrogens is 1. The van der Waals surface area contributed by atoms with Crippen molar-refractivity contribution < 1.29 is 0 Å². The van der Waals surface area contributed by atoms with E-state index in [0.717, 1.165) is 4.47 Å². The molecule has 0 saturated heterocycles. The van der Waals surface area contributed by atoms with Gasteiger partial charge in [-0.2, -0.15) is 0 Å². The van der Waals surface area contributed by atoms with Crippen molar-refractivity contribution in [3.8, 4) is 11.1 Å². The number of benzene rings is 1. The van der Waals surface area contributed by atoms with Crippen LogP contribution in [0.25, 0.3) is 11.1 Å². The smallest absolute Gasteiger partial charge is 0.0439 e. The van der Waals surface area contributed by atoms with Gasteiger partial charge in [0.1, 0.15) is 0 Å². The second kappa shape index (κ2) is 4.15. The highest BCUT2D eigenvalue weighted by molar-refractivity contribution is 9.10. The first-order valence-electron chi connectivity index (χ1n) is 4.85. The largest absolute Gasteiger partial charge is 0.263 e. The molecular weight excluding hydrogens is 250 g/mol. The summed E-state index contributed by atoms with van der Waals surface area (Å²) in [6.07, 6.45) is 3.72. The fraction of sp³-hybridized carbons (Fsp3) is 0.154. The Morgan fingerprint density at radius 2 is 1.67 bits per heavy atom. The van der Waals surface area contributed by atoms with E-state index in [4.69, 9.17) is 0 Å². The standard InChI is InChI=1S/C13H12BrN/c1-9-3-5-11(6-4-9)13-10(2)7-15-8-12(13)14/h3-8H,1-2H3. The fourth-order valence-corrected chi connectivity index (χ4v) is 2.28. The van der Waals surface area contributed by atoms with Crippen molar-refractivity contribution in [2.45, 2.75) is 13.8 Å². The lowest BCUT2D eigenvalue weighted by molar-refractivity contribution is 1.25. The molecule has 1 nitrogen and oxygen atoms in total. The lowest BCUT2D eigenvalue weighted by Crippen LogP contribution is -1.87. The molecule has 0 bridgehead atoms. The first-order chi connectivity index (χ1) is 7.18. The summed E-state index contributed by atoms with van der Waals surface area (Å²) in [5, 5.41) is 0. The van der Waals surface area contributed by atoms with Crippen molar-refractivity contribution in [2.75, 3.05) is 0 Å². The van der Waals surface area contributed by atoms with E-state index in [0.29, 0.717) is 0 Å². The summed E-state index contributed by atoms with van der Waals surface area (Å²) in [6.45, 7) is 4.17. The van der Waals surface area contributed by atoms with Gasteiger partial charge in [0, 0.05) is 22.4 Å². The highest BCUT2D eigenvalue weighted by Crippen LogP contribution is 2.30. The molecule has 0 fully saturated rings. The summed E-state index contributed by atoms with van der Waals surface area (Å²) in [7, 11) is 0. The average molecular weight is 262 g/mol. The number of aryl methyl sites for hydroxylation is 2. The molecule has 2 heteroatoms. The van der Waals surface area contributed by atoms with Crippen LogP contribution in [0.15, 0.2) is 41.1 Å². The Labute approximate surface area is 98.3 Å². The Kier molecular flexibility index (Phi) is 2.87. The van der Waals surface area contributed by atoms with Crippen molar-refractivity contribution in [1.82, 2.24) is 4.98 Å². The zero-order chi connectivity index (χ0) is 10.8. The molecule has 2 aromatic rings. The van der Waals surface area contributed by atoms with Crippen LogP contribution in [-0.4, -0.2) is 4.98 Å². The molecule has 15 heavy (non-hydrogen) atoms. The molecule has 0 aliphatic carbocycles. The average Bonchev–Trinajstić information content (AvgIpc) is 2.20. The van der Waals surface area contributed by atoms with Crippen molar-refractivity contribution in [3.63, 3.8) is 0 Å². The molecule has 0 saturated carbocycles. The summed E-state index contributed by atoms with van der Waals surface area (Å²) in [6, 6.07) is 8.54. The van der Waals surface area contributed by atoms with Crippen LogP contribution >= 0.6 is 15.9 Å². The Balaban J connectivity index is 2.58. The van der Waals surface area contributed by atoms with E-state index >= 15 is 0 Å². The third-order valence-corrected chi connectivity index (χ3v) is 3.03. The molecule has 0 aliphatic rings. The van der Waals surface area contributed by atoms with Crippen molar-refractivity contribution in [1.29, 1.82) is 0 Å². The molecular formula is C13H12BrN. The normalized spacial score (nSPS) is 10.3. The van der Waals surface area contributed by atoms with Gasteiger partial charge in [-0.25, -0.2) is 0 Å². The minimum absolute atomic E-state index is 1.05. The van der Waals surface area contributed by atoms with Gasteiger partial charge in [-0.05, 0) is 40.9 Å². The van der Waals surface area contributed by atoms with Gasteiger partial charge in [0.2, 0.25) is 0 Å². The molecule has 0 unspecified atom stereocenters. The summed E-state index contributed by atoms with van der Waals surface area (Å²) in [5.41, 5.74) is 4.92. The molecule has 0 N–H and O–H groups in total. The van der Waals surface area contributed by atoms with Crippen LogP contribution in [-0.2, 0) is 0 Å². The second-order valence-corrected chi connectivity index (χ2v) is 4.53. The van der Waals surface area contributed by atoms with Crippen LogP contribution < -0.4 is 0 Å². The second-order valence-electron chi connectivity index (χ2n) is 3.68. The van der Waals surface area contributed by atoms with Gasteiger partial charge in [0.15, 0.2) is 0 Å². The first kappa shape index (κ1) is 10.4. The first-order valence-corrected chi connectivity index (χ1v) is 5.65. The van der Waals surface area contributed by atoms with Crippen LogP contribution in [0.2, 0.25) is 0 Å². The van der Waals surface area contributed by atoms with Crippen LogP contribution in [0, 0.1) is 13.8 Å². The fourth-order valence-electron chi connectivity index (χ4n) is 1.62. The van der Waals surface area contributed by atoms with Gasteiger partial charge in [-0.3, -0.25) is 4.98 Å². The molecule has 0 atom stereocenters. The Bertz CT molecular complexity index is 454. The minimum Gasteiger partial charge on any atom is -0.263 e. The molecule has 1 aromatic carbocycles. The predicted octanol–water partition coefficient (Wildman–Crippen LogP) is 4.13. The number of hydrogen-bond acceptors (Lipinski definition) is 1. The molecule has 1 aromatic heterocycles. The summed E-state index contributed by atoms with van der Waals surface area (Å²) >= 11 is 3.54. The summed E-state index contributed by atoms with van der Waals surface area (Å²) in [5.74, 6) is 0. The maximum Gasteiger partial charge on any atom is 0.0439 e.